The molecule has 0 unspecified atom stereocenters. The van der Waals surface area contributed by atoms with Gasteiger partial charge in [-0.2, -0.15) is 0 Å². The number of nitrogens with two attached hydrogens (primary N) is 1. The van der Waals surface area contributed by atoms with E-state index in [1.807, 2.05) is 50.5 Å². The SMILES string of the molecule is CN(C)C(=S)Nc1cc(-c2ccccc2)n(-c2ccc(S(N)(=O)=O)cc2)n1. The minimum Gasteiger partial charge on any atom is -0.355 e. The third-order valence-corrected chi connectivity index (χ3v) is 5.23. The first-order chi connectivity index (χ1) is 12.8. The summed E-state index contributed by atoms with van der Waals surface area (Å²) in [6.07, 6.45) is 0. The molecule has 0 saturated heterocycles. The fourth-order valence-corrected chi connectivity index (χ4v) is 3.07. The Hall–Kier alpha value is -2.75. The second kappa shape index (κ2) is 7.47. The van der Waals surface area contributed by atoms with Crippen LogP contribution >= 0.6 is 12.2 Å². The molecular weight excluding hydrogens is 382 g/mol. The predicted octanol–water partition coefficient (Wildman–Crippen LogP) is 2.45. The van der Waals surface area contributed by atoms with Gasteiger partial charge >= 0.3 is 0 Å². The molecule has 0 radical (unpaired) electrons. The highest BCUT2D eigenvalue weighted by atomic mass is 32.2. The number of aromatic nitrogens is 2. The van der Waals surface area contributed by atoms with Gasteiger partial charge in [-0.3, -0.25) is 0 Å². The zero-order chi connectivity index (χ0) is 19.6. The topological polar surface area (TPSA) is 93.2 Å². The number of thiocarbonyl (C=S) groups is 1. The summed E-state index contributed by atoms with van der Waals surface area (Å²) >= 11 is 5.29. The molecule has 3 aromatic rings. The van der Waals surface area contributed by atoms with Gasteiger partial charge in [0.2, 0.25) is 10.0 Å². The van der Waals surface area contributed by atoms with Crippen molar-refractivity contribution >= 4 is 33.2 Å². The van der Waals surface area contributed by atoms with E-state index in [1.54, 1.807) is 21.7 Å². The van der Waals surface area contributed by atoms with Crippen molar-refractivity contribution in [3.63, 3.8) is 0 Å². The van der Waals surface area contributed by atoms with Crippen molar-refractivity contribution < 1.29 is 8.42 Å². The van der Waals surface area contributed by atoms with Gasteiger partial charge in [-0.25, -0.2) is 18.2 Å². The average molecular weight is 402 g/mol. The molecule has 0 aliphatic carbocycles. The van der Waals surface area contributed by atoms with Gasteiger partial charge in [0, 0.05) is 25.7 Å². The van der Waals surface area contributed by atoms with Crippen LogP contribution in [0.2, 0.25) is 0 Å². The summed E-state index contributed by atoms with van der Waals surface area (Å²) in [7, 11) is -0.0616. The lowest BCUT2D eigenvalue weighted by molar-refractivity contribution is 0.598. The van der Waals surface area contributed by atoms with Crippen molar-refractivity contribution in [2.24, 2.45) is 5.14 Å². The number of benzene rings is 2. The Labute approximate surface area is 163 Å². The van der Waals surface area contributed by atoms with E-state index >= 15 is 0 Å². The zero-order valence-electron chi connectivity index (χ0n) is 14.8. The van der Waals surface area contributed by atoms with E-state index in [-0.39, 0.29) is 4.90 Å². The Balaban J connectivity index is 2.07. The fourth-order valence-electron chi connectivity index (χ4n) is 2.45. The van der Waals surface area contributed by atoms with Crippen molar-refractivity contribution in [2.45, 2.75) is 4.90 Å². The monoisotopic (exact) mass is 401 g/mol. The number of rotatable bonds is 4. The average Bonchev–Trinajstić information content (AvgIpc) is 3.05. The number of anilines is 1. The third-order valence-electron chi connectivity index (χ3n) is 3.83. The molecule has 0 aliphatic heterocycles. The van der Waals surface area contributed by atoms with E-state index in [2.05, 4.69) is 10.4 Å². The van der Waals surface area contributed by atoms with Crippen LogP contribution in [0.15, 0.2) is 65.6 Å². The van der Waals surface area contributed by atoms with Crippen LogP contribution in [0, 0.1) is 0 Å². The summed E-state index contributed by atoms with van der Waals surface area (Å²) in [5.74, 6) is 0.586. The van der Waals surface area contributed by atoms with Gasteiger partial charge in [0.1, 0.15) is 0 Å². The summed E-state index contributed by atoms with van der Waals surface area (Å²) in [6, 6.07) is 17.9. The molecule has 7 nitrogen and oxygen atoms in total. The summed E-state index contributed by atoms with van der Waals surface area (Å²) < 4.78 is 24.7. The second-order valence-electron chi connectivity index (χ2n) is 6.06. The van der Waals surface area contributed by atoms with Crippen LogP contribution in [0.3, 0.4) is 0 Å². The maximum atomic E-state index is 11.5. The van der Waals surface area contributed by atoms with E-state index in [4.69, 9.17) is 17.4 Å². The molecule has 1 aromatic heterocycles. The van der Waals surface area contributed by atoms with Gasteiger partial charge < -0.3 is 10.2 Å². The lowest BCUT2D eigenvalue weighted by Crippen LogP contribution is -2.27. The van der Waals surface area contributed by atoms with Crippen molar-refractivity contribution in [1.29, 1.82) is 0 Å². The van der Waals surface area contributed by atoms with Gasteiger partial charge in [0.15, 0.2) is 10.9 Å². The van der Waals surface area contributed by atoms with Crippen LogP contribution < -0.4 is 10.5 Å². The van der Waals surface area contributed by atoms with Crippen LogP contribution in [0.5, 0.6) is 0 Å². The number of primary sulfonamides is 1. The highest BCUT2D eigenvalue weighted by Crippen LogP contribution is 2.26. The molecule has 0 aliphatic rings. The van der Waals surface area contributed by atoms with Crippen LogP contribution in [0.1, 0.15) is 0 Å². The third kappa shape index (κ3) is 4.33. The van der Waals surface area contributed by atoms with E-state index in [1.165, 1.54) is 12.1 Å². The number of sulfonamides is 1. The molecule has 0 fully saturated rings. The van der Waals surface area contributed by atoms with Gasteiger partial charge in [-0.15, -0.1) is 5.10 Å². The van der Waals surface area contributed by atoms with Crippen LogP contribution in [0.4, 0.5) is 5.82 Å². The molecule has 0 amide bonds. The van der Waals surface area contributed by atoms with Crippen molar-refractivity contribution in [2.75, 3.05) is 19.4 Å². The molecule has 1 heterocycles. The molecule has 2 aromatic carbocycles. The summed E-state index contributed by atoms with van der Waals surface area (Å²) in [6.45, 7) is 0. The molecule has 3 N–H and O–H groups in total. The van der Waals surface area contributed by atoms with E-state index in [0.717, 1.165) is 11.3 Å². The van der Waals surface area contributed by atoms with Gasteiger partial charge in [-0.05, 0) is 36.5 Å². The smallest absolute Gasteiger partial charge is 0.238 e. The fraction of sp³-hybridized carbons (Fsp3) is 0.111. The Morgan fingerprint density at radius 1 is 1.11 bits per heavy atom. The Bertz CT molecular complexity index is 1060. The van der Waals surface area contributed by atoms with Crippen LogP contribution in [-0.4, -0.2) is 42.3 Å². The zero-order valence-corrected chi connectivity index (χ0v) is 16.5. The quantitative estimate of drug-likeness (QED) is 0.653. The highest BCUT2D eigenvalue weighted by molar-refractivity contribution is 7.89. The summed E-state index contributed by atoms with van der Waals surface area (Å²) in [5.41, 5.74) is 2.50. The number of hydrogen-bond acceptors (Lipinski definition) is 4. The maximum Gasteiger partial charge on any atom is 0.238 e. The Morgan fingerprint density at radius 2 is 1.74 bits per heavy atom. The summed E-state index contributed by atoms with van der Waals surface area (Å²) in [5, 5.41) is 13.4. The molecule has 3 rings (SSSR count). The van der Waals surface area contributed by atoms with Crippen molar-refractivity contribution in [1.82, 2.24) is 14.7 Å². The largest absolute Gasteiger partial charge is 0.355 e. The van der Waals surface area contributed by atoms with Crippen molar-refractivity contribution in [3.8, 4) is 16.9 Å². The van der Waals surface area contributed by atoms with Gasteiger partial charge in [0.05, 0.1) is 16.3 Å². The van der Waals surface area contributed by atoms with Crippen molar-refractivity contribution in [3.05, 3.63) is 60.7 Å². The second-order valence-corrected chi connectivity index (χ2v) is 8.00. The van der Waals surface area contributed by atoms with Crippen LogP contribution in [0.25, 0.3) is 16.9 Å². The number of nitrogens with zero attached hydrogens (tertiary/aromatic N) is 3. The predicted molar refractivity (Wildman–Crippen MR) is 110 cm³/mol. The normalized spacial score (nSPS) is 11.2. The van der Waals surface area contributed by atoms with E-state index in [0.29, 0.717) is 16.6 Å². The molecule has 140 valence electrons. The first-order valence-corrected chi connectivity index (χ1v) is 9.98. The molecule has 9 heteroatoms. The molecule has 0 bridgehead atoms. The standard InChI is InChI=1S/C18H19N5O2S2/c1-22(2)18(26)20-17-12-16(13-6-4-3-5-7-13)23(21-17)14-8-10-15(11-9-14)27(19,24)25/h3-12H,1-2H3,(H2,19,24,25)(H,20,21,26). The first-order valence-electron chi connectivity index (χ1n) is 8.03. The molecule has 0 saturated carbocycles. The van der Waals surface area contributed by atoms with E-state index < -0.39 is 10.0 Å². The minimum absolute atomic E-state index is 0.0480. The Morgan fingerprint density at radius 3 is 2.30 bits per heavy atom. The minimum atomic E-state index is -3.75. The Kier molecular flexibility index (Phi) is 5.26. The summed E-state index contributed by atoms with van der Waals surface area (Å²) in [4.78, 5) is 1.82. The molecule has 0 atom stereocenters. The lowest BCUT2D eigenvalue weighted by atomic mass is 10.1. The highest BCUT2D eigenvalue weighted by Gasteiger charge is 2.14. The molecular formula is C18H19N5O2S2. The lowest BCUT2D eigenvalue weighted by Gasteiger charge is -2.13. The van der Waals surface area contributed by atoms with Crippen LogP contribution in [-0.2, 0) is 10.0 Å². The molecule has 27 heavy (non-hydrogen) atoms. The first kappa shape index (κ1) is 19.0. The number of hydrogen-bond donors (Lipinski definition) is 2. The van der Waals surface area contributed by atoms with Gasteiger partial charge in [0.25, 0.3) is 0 Å². The maximum absolute atomic E-state index is 11.5. The van der Waals surface area contributed by atoms with E-state index in [9.17, 15) is 8.42 Å². The molecule has 0 spiro atoms. The van der Waals surface area contributed by atoms with Gasteiger partial charge in [-0.1, -0.05) is 30.3 Å². The number of nitrogens with one attached hydrogen (secondary N) is 1.